The monoisotopic (exact) mass is 221 g/mol. The summed E-state index contributed by atoms with van der Waals surface area (Å²) in [4.78, 5) is 2.59. The van der Waals surface area contributed by atoms with Crippen LogP contribution in [0.5, 0.6) is 0 Å². The molecule has 2 aliphatic rings. The van der Waals surface area contributed by atoms with Crippen molar-refractivity contribution in [2.45, 2.75) is 70.1 Å². The Morgan fingerprint density at radius 3 is 2.31 bits per heavy atom. The van der Waals surface area contributed by atoms with Crippen molar-refractivity contribution >= 4 is 0 Å². The lowest BCUT2D eigenvalue weighted by molar-refractivity contribution is 0.0941. The van der Waals surface area contributed by atoms with Crippen LogP contribution in [0.2, 0.25) is 0 Å². The molecule has 16 heavy (non-hydrogen) atoms. The van der Waals surface area contributed by atoms with Crippen LogP contribution < -0.4 is 5.32 Å². The molecule has 1 N–H and O–H groups in total. The van der Waals surface area contributed by atoms with Gasteiger partial charge in [0.25, 0.3) is 0 Å². The Morgan fingerprint density at radius 2 is 1.94 bits per heavy atom. The molecule has 0 aliphatic carbocycles. The number of fused-ring (bicyclic) bond motifs is 2. The second-order valence-corrected chi connectivity index (χ2v) is 5.62. The maximum atomic E-state index is 9.48. The van der Waals surface area contributed by atoms with Crippen molar-refractivity contribution in [3.05, 3.63) is 0 Å². The molecule has 2 unspecified atom stereocenters. The minimum Gasteiger partial charge on any atom is -0.297 e. The Bertz CT molecular complexity index is 278. The van der Waals surface area contributed by atoms with Gasteiger partial charge in [0, 0.05) is 18.1 Å². The number of hydrogen-bond acceptors (Lipinski definition) is 3. The maximum absolute atomic E-state index is 9.48. The lowest BCUT2D eigenvalue weighted by Gasteiger charge is -2.44. The Labute approximate surface area is 98.8 Å². The first kappa shape index (κ1) is 11.9. The second-order valence-electron chi connectivity index (χ2n) is 5.62. The number of nitriles is 1. The lowest BCUT2D eigenvalue weighted by atomic mass is 9.83. The Balaban J connectivity index is 2.13. The smallest absolute Gasteiger partial charge is 0.109 e. The molecule has 2 heterocycles. The van der Waals surface area contributed by atoms with Gasteiger partial charge in [-0.3, -0.25) is 10.2 Å². The third-order valence-electron chi connectivity index (χ3n) is 4.08. The van der Waals surface area contributed by atoms with E-state index >= 15 is 0 Å². The molecular formula is C13H23N3. The summed E-state index contributed by atoms with van der Waals surface area (Å²) in [5, 5.41) is 13.0. The van der Waals surface area contributed by atoms with Crippen molar-refractivity contribution in [2.24, 2.45) is 0 Å². The minimum absolute atomic E-state index is 0.258. The van der Waals surface area contributed by atoms with Gasteiger partial charge in [-0.25, -0.2) is 0 Å². The molecule has 0 spiro atoms. The summed E-state index contributed by atoms with van der Waals surface area (Å²) in [6, 6.07) is 4.22. The summed E-state index contributed by atoms with van der Waals surface area (Å²) in [7, 11) is 0. The molecule has 2 fully saturated rings. The molecule has 2 atom stereocenters. The molecule has 90 valence electrons. The van der Waals surface area contributed by atoms with E-state index in [1.807, 2.05) is 0 Å². The first-order valence-corrected chi connectivity index (χ1v) is 6.55. The first-order chi connectivity index (χ1) is 7.60. The van der Waals surface area contributed by atoms with Crippen molar-refractivity contribution < 1.29 is 0 Å². The highest BCUT2D eigenvalue weighted by atomic mass is 15.2. The molecule has 0 radical (unpaired) electrons. The molecule has 3 nitrogen and oxygen atoms in total. The van der Waals surface area contributed by atoms with E-state index in [1.54, 1.807) is 0 Å². The summed E-state index contributed by atoms with van der Waals surface area (Å²) in [5.74, 6) is 0. The van der Waals surface area contributed by atoms with E-state index < -0.39 is 0 Å². The zero-order chi connectivity index (χ0) is 11.8. The molecule has 2 saturated heterocycles. The van der Waals surface area contributed by atoms with Crippen molar-refractivity contribution in [2.75, 3.05) is 6.54 Å². The Morgan fingerprint density at radius 1 is 1.38 bits per heavy atom. The standard InChI is InChI=1S/C13H23N3/c1-4-16-11-5-6-12(16)8-13(7-11,9-14)15-10(2)3/h10-12,15H,4-8H2,1-3H3. The average Bonchev–Trinajstić information content (AvgIpc) is 2.49. The van der Waals surface area contributed by atoms with Crippen LogP contribution in [0.3, 0.4) is 0 Å². The fraction of sp³-hybridized carbons (Fsp3) is 0.923. The van der Waals surface area contributed by atoms with Gasteiger partial charge in [-0.1, -0.05) is 6.92 Å². The number of nitrogens with one attached hydrogen (secondary N) is 1. The fourth-order valence-corrected chi connectivity index (χ4v) is 3.65. The molecule has 3 heteroatoms. The van der Waals surface area contributed by atoms with Crippen LogP contribution in [0.4, 0.5) is 0 Å². The molecule has 0 aromatic heterocycles. The Hall–Kier alpha value is -0.590. The zero-order valence-electron chi connectivity index (χ0n) is 10.7. The molecule has 0 saturated carbocycles. The van der Waals surface area contributed by atoms with Crippen LogP contribution >= 0.6 is 0 Å². The van der Waals surface area contributed by atoms with Gasteiger partial charge in [-0.2, -0.15) is 5.26 Å². The first-order valence-electron chi connectivity index (χ1n) is 6.55. The summed E-state index contributed by atoms with van der Waals surface area (Å²) in [6.07, 6.45) is 4.57. The van der Waals surface area contributed by atoms with Gasteiger partial charge >= 0.3 is 0 Å². The largest absolute Gasteiger partial charge is 0.297 e. The topological polar surface area (TPSA) is 39.1 Å². The highest BCUT2D eigenvalue weighted by Gasteiger charge is 2.48. The van der Waals surface area contributed by atoms with Gasteiger partial charge in [0.05, 0.1) is 6.07 Å². The molecular weight excluding hydrogens is 198 g/mol. The summed E-state index contributed by atoms with van der Waals surface area (Å²) < 4.78 is 0. The predicted octanol–water partition coefficient (Wildman–Crippen LogP) is 1.89. The third kappa shape index (κ3) is 1.97. The number of nitrogens with zero attached hydrogens (tertiary/aromatic N) is 2. The summed E-state index contributed by atoms with van der Waals surface area (Å²) >= 11 is 0. The third-order valence-corrected chi connectivity index (χ3v) is 4.08. The van der Waals surface area contributed by atoms with Crippen molar-refractivity contribution in [3.8, 4) is 6.07 Å². The van der Waals surface area contributed by atoms with E-state index in [-0.39, 0.29) is 5.54 Å². The molecule has 2 aliphatic heterocycles. The zero-order valence-corrected chi connectivity index (χ0v) is 10.7. The van der Waals surface area contributed by atoms with Gasteiger partial charge in [-0.05, 0) is 46.1 Å². The van der Waals surface area contributed by atoms with Crippen LogP contribution in [-0.2, 0) is 0 Å². The summed E-state index contributed by atoms with van der Waals surface area (Å²) in [5.41, 5.74) is -0.258. The average molecular weight is 221 g/mol. The number of hydrogen-bond donors (Lipinski definition) is 1. The quantitative estimate of drug-likeness (QED) is 0.791. The molecule has 2 bridgehead atoms. The highest BCUT2D eigenvalue weighted by molar-refractivity contribution is 5.16. The van der Waals surface area contributed by atoms with Gasteiger partial charge in [0.1, 0.15) is 5.54 Å². The van der Waals surface area contributed by atoms with Crippen molar-refractivity contribution in [1.29, 1.82) is 5.26 Å². The van der Waals surface area contributed by atoms with E-state index in [1.165, 1.54) is 12.8 Å². The SMILES string of the molecule is CCN1C2CCC1CC(C#N)(NC(C)C)C2. The molecule has 0 aromatic carbocycles. The van der Waals surface area contributed by atoms with E-state index in [2.05, 4.69) is 37.1 Å². The van der Waals surface area contributed by atoms with Gasteiger partial charge < -0.3 is 0 Å². The van der Waals surface area contributed by atoms with Crippen LogP contribution in [0.1, 0.15) is 46.5 Å². The van der Waals surface area contributed by atoms with Crippen LogP contribution in [0, 0.1) is 11.3 Å². The second kappa shape index (κ2) is 4.35. The van der Waals surface area contributed by atoms with E-state index in [9.17, 15) is 5.26 Å². The van der Waals surface area contributed by atoms with Crippen molar-refractivity contribution in [3.63, 3.8) is 0 Å². The molecule has 2 rings (SSSR count). The Kier molecular flexibility index (Phi) is 3.23. The molecule has 0 aromatic rings. The summed E-state index contributed by atoms with van der Waals surface area (Å²) in [6.45, 7) is 7.64. The maximum Gasteiger partial charge on any atom is 0.109 e. The minimum atomic E-state index is -0.258. The van der Waals surface area contributed by atoms with Crippen LogP contribution in [0.15, 0.2) is 0 Å². The highest BCUT2D eigenvalue weighted by Crippen LogP contribution is 2.40. The normalized spacial score (nSPS) is 38.9. The number of rotatable bonds is 3. The van der Waals surface area contributed by atoms with Crippen LogP contribution in [-0.4, -0.2) is 35.1 Å². The molecule has 0 amide bonds. The predicted molar refractivity (Wildman–Crippen MR) is 65.0 cm³/mol. The van der Waals surface area contributed by atoms with Crippen molar-refractivity contribution in [1.82, 2.24) is 10.2 Å². The van der Waals surface area contributed by atoms with Crippen LogP contribution in [0.25, 0.3) is 0 Å². The van der Waals surface area contributed by atoms with Gasteiger partial charge in [0.15, 0.2) is 0 Å². The van der Waals surface area contributed by atoms with Gasteiger partial charge in [-0.15, -0.1) is 0 Å². The van der Waals surface area contributed by atoms with E-state index in [0.29, 0.717) is 18.1 Å². The fourth-order valence-electron chi connectivity index (χ4n) is 3.65. The van der Waals surface area contributed by atoms with Gasteiger partial charge in [0.2, 0.25) is 0 Å². The lowest BCUT2D eigenvalue weighted by Crippen LogP contribution is -2.58. The van der Waals surface area contributed by atoms with E-state index in [4.69, 9.17) is 0 Å². The number of piperidine rings is 1. The van der Waals surface area contributed by atoms with E-state index in [0.717, 1.165) is 19.4 Å².